The molecule has 0 aliphatic heterocycles. The zero-order valence-corrected chi connectivity index (χ0v) is 9.53. The molecule has 4 heteroatoms. The number of carbonyl (C=O) groups is 2. The van der Waals surface area contributed by atoms with E-state index in [0.717, 1.165) is 32.0 Å². The van der Waals surface area contributed by atoms with Gasteiger partial charge in [-0.3, -0.25) is 0 Å². The lowest BCUT2D eigenvalue weighted by Crippen LogP contribution is -2.43. The van der Waals surface area contributed by atoms with Crippen LogP contribution in [0.2, 0.25) is 0 Å². The summed E-state index contributed by atoms with van der Waals surface area (Å²) in [6.07, 6.45) is 5.78. The predicted molar refractivity (Wildman–Crippen MR) is 58.6 cm³/mol. The molecular formula is C11H20N2O2. The molecule has 0 atom stereocenters. The Hall–Kier alpha value is -1.06. The van der Waals surface area contributed by atoms with E-state index in [1.807, 2.05) is 0 Å². The first-order chi connectivity index (χ1) is 7.13. The van der Waals surface area contributed by atoms with E-state index in [4.69, 9.17) is 0 Å². The lowest BCUT2D eigenvalue weighted by atomic mass is 9.84. The molecular weight excluding hydrogens is 192 g/mol. The summed E-state index contributed by atoms with van der Waals surface area (Å²) in [5.74, 6) is 0.537. The van der Waals surface area contributed by atoms with Gasteiger partial charge in [0.05, 0.1) is 0 Å². The van der Waals surface area contributed by atoms with Gasteiger partial charge in [-0.15, -0.1) is 0 Å². The molecule has 4 nitrogen and oxygen atoms in total. The molecule has 0 radical (unpaired) electrons. The fraction of sp³-hybridized carbons (Fsp3) is 0.818. The van der Waals surface area contributed by atoms with Crippen molar-refractivity contribution in [2.24, 2.45) is 5.92 Å². The van der Waals surface area contributed by atoms with E-state index in [1.165, 1.54) is 0 Å². The molecule has 0 unspecified atom stereocenters. The summed E-state index contributed by atoms with van der Waals surface area (Å²) in [4.78, 5) is 23.3. The van der Waals surface area contributed by atoms with Crippen molar-refractivity contribution in [1.82, 2.24) is 10.2 Å². The number of rotatable bonds is 3. The van der Waals surface area contributed by atoms with Crippen molar-refractivity contribution < 1.29 is 9.59 Å². The van der Waals surface area contributed by atoms with Gasteiger partial charge < -0.3 is 15.0 Å². The lowest BCUT2D eigenvalue weighted by molar-refractivity contribution is -0.108. The predicted octanol–water partition coefficient (Wildman–Crippen LogP) is 1.41. The Morgan fingerprint density at radius 3 is 2.40 bits per heavy atom. The number of hydrogen-bond donors (Lipinski definition) is 1. The highest BCUT2D eigenvalue weighted by molar-refractivity contribution is 5.73. The average molecular weight is 212 g/mol. The van der Waals surface area contributed by atoms with Crippen LogP contribution < -0.4 is 5.32 Å². The quantitative estimate of drug-likeness (QED) is 0.719. The molecule has 2 amide bonds. The Morgan fingerprint density at radius 2 is 1.93 bits per heavy atom. The van der Waals surface area contributed by atoms with E-state index in [9.17, 15) is 9.59 Å². The third-order valence-corrected chi connectivity index (χ3v) is 3.01. The highest BCUT2D eigenvalue weighted by Crippen LogP contribution is 2.25. The van der Waals surface area contributed by atoms with Crippen molar-refractivity contribution >= 4 is 12.3 Å². The summed E-state index contributed by atoms with van der Waals surface area (Å²) in [7, 11) is 3.49. The fourth-order valence-electron chi connectivity index (χ4n) is 1.98. The van der Waals surface area contributed by atoms with Gasteiger partial charge in [-0.2, -0.15) is 0 Å². The molecule has 0 spiro atoms. The summed E-state index contributed by atoms with van der Waals surface area (Å²) < 4.78 is 0. The molecule has 1 saturated carbocycles. The standard InChI is InChI=1S/C11H20N2O2/c1-13(2)11(15)12-10-5-3-9(4-6-10)7-8-14/h8-10H,3-7H2,1-2H3,(H,12,15)/t9-,10-. The molecule has 1 aliphatic rings. The van der Waals surface area contributed by atoms with E-state index in [1.54, 1.807) is 19.0 Å². The Labute approximate surface area is 91.0 Å². The first kappa shape index (κ1) is 12.0. The number of nitrogens with zero attached hydrogens (tertiary/aromatic N) is 1. The minimum Gasteiger partial charge on any atom is -0.335 e. The second-order valence-electron chi connectivity index (χ2n) is 4.46. The van der Waals surface area contributed by atoms with E-state index in [-0.39, 0.29) is 6.03 Å². The zero-order chi connectivity index (χ0) is 11.3. The maximum absolute atomic E-state index is 11.4. The molecule has 1 aliphatic carbocycles. The van der Waals surface area contributed by atoms with Crippen LogP contribution in [-0.2, 0) is 4.79 Å². The molecule has 0 saturated heterocycles. The van der Waals surface area contributed by atoms with Crippen LogP contribution in [0.25, 0.3) is 0 Å². The number of nitrogens with one attached hydrogen (secondary N) is 1. The first-order valence-corrected chi connectivity index (χ1v) is 5.55. The minimum absolute atomic E-state index is 0.0196. The Morgan fingerprint density at radius 1 is 1.33 bits per heavy atom. The minimum atomic E-state index is -0.0196. The SMILES string of the molecule is CN(C)C(=O)N[C@H]1CC[C@H](CC=O)CC1. The highest BCUT2D eigenvalue weighted by atomic mass is 16.2. The second-order valence-corrected chi connectivity index (χ2v) is 4.46. The number of hydrogen-bond acceptors (Lipinski definition) is 2. The number of aldehydes is 1. The first-order valence-electron chi connectivity index (χ1n) is 5.55. The van der Waals surface area contributed by atoms with Crippen LogP contribution in [0.1, 0.15) is 32.1 Å². The van der Waals surface area contributed by atoms with Gasteiger partial charge in [-0.25, -0.2) is 4.79 Å². The van der Waals surface area contributed by atoms with Gasteiger partial charge in [0.1, 0.15) is 6.29 Å². The molecule has 86 valence electrons. The number of amides is 2. The van der Waals surface area contributed by atoms with Crippen molar-refractivity contribution in [1.29, 1.82) is 0 Å². The average Bonchev–Trinajstić information content (AvgIpc) is 2.21. The van der Waals surface area contributed by atoms with Crippen molar-refractivity contribution in [2.75, 3.05) is 14.1 Å². The van der Waals surface area contributed by atoms with Crippen LogP contribution in [0.5, 0.6) is 0 Å². The van der Waals surface area contributed by atoms with Crippen molar-refractivity contribution in [3.8, 4) is 0 Å². The van der Waals surface area contributed by atoms with Crippen molar-refractivity contribution in [3.63, 3.8) is 0 Å². The Kier molecular flexibility index (Phi) is 4.59. The summed E-state index contributed by atoms with van der Waals surface area (Å²) in [6, 6.07) is 0.275. The molecule has 0 heterocycles. The number of urea groups is 1. The van der Waals surface area contributed by atoms with Gasteiger partial charge in [-0.05, 0) is 31.6 Å². The van der Waals surface area contributed by atoms with Gasteiger partial charge in [0.2, 0.25) is 0 Å². The van der Waals surface area contributed by atoms with E-state index in [2.05, 4.69) is 5.32 Å². The van der Waals surface area contributed by atoms with Crippen LogP contribution in [-0.4, -0.2) is 37.4 Å². The molecule has 1 N–H and O–H groups in total. The van der Waals surface area contributed by atoms with Gasteiger partial charge in [0, 0.05) is 26.6 Å². The normalized spacial score (nSPS) is 25.7. The fourth-order valence-corrected chi connectivity index (χ4v) is 1.98. The third kappa shape index (κ3) is 3.90. The molecule has 15 heavy (non-hydrogen) atoms. The summed E-state index contributed by atoms with van der Waals surface area (Å²) in [6.45, 7) is 0. The van der Waals surface area contributed by atoms with Crippen LogP contribution in [0.3, 0.4) is 0 Å². The van der Waals surface area contributed by atoms with Crippen LogP contribution in [0.4, 0.5) is 4.79 Å². The van der Waals surface area contributed by atoms with Gasteiger partial charge in [0.25, 0.3) is 0 Å². The molecule has 0 aromatic rings. The van der Waals surface area contributed by atoms with Gasteiger partial charge in [-0.1, -0.05) is 0 Å². The maximum Gasteiger partial charge on any atom is 0.317 e. The smallest absolute Gasteiger partial charge is 0.317 e. The van der Waals surface area contributed by atoms with Crippen LogP contribution >= 0.6 is 0 Å². The molecule has 1 fully saturated rings. The van der Waals surface area contributed by atoms with Crippen LogP contribution in [0, 0.1) is 5.92 Å². The van der Waals surface area contributed by atoms with Crippen molar-refractivity contribution in [2.45, 2.75) is 38.1 Å². The molecule has 0 bridgehead atoms. The molecule has 0 aromatic heterocycles. The van der Waals surface area contributed by atoms with Gasteiger partial charge >= 0.3 is 6.03 Å². The zero-order valence-electron chi connectivity index (χ0n) is 9.53. The Balaban J connectivity index is 2.25. The molecule has 0 aromatic carbocycles. The summed E-state index contributed by atoms with van der Waals surface area (Å²) >= 11 is 0. The van der Waals surface area contributed by atoms with E-state index >= 15 is 0 Å². The van der Waals surface area contributed by atoms with Crippen LogP contribution in [0.15, 0.2) is 0 Å². The topological polar surface area (TPSA) is 49.4 Å². The summed E-state index contributed by atoms with van der Waals surface area (Å²) in [5, 5.41) is 2.98. The monoisotopic (exact) mass is 212 g/mol. The van der Waals surface area contributed by atoms with E-state index in [0.29, 0.717) is 18.4 Å². The second kappa shape index (κ2) is 5.73. The third-order valence-electron chi connectivity index (χ3n) is 3.01. The lowest BCUT2D eigenvalue weighted by Gasteiger charge is -2.29. The largest absolute Gasteiger partial charge is 0.335 e. The Bertz CT molecular complexity index is 221. The highest BCUT2D eigenvalue weighted by Gasteiger charge is 2.22. The van der Waals surface area contributed by atoms with E-state index < -0.39 is 0 Å². The van der Waals surface area contributed by atoms with Crippen molar-refractivity contribution in [3.05, 3.63) is 0 Å². The molecule has 1 rings (SSSR count). The summed E-state index contributed by atoms with van der Waals surface area (Å²) in [5.41, 5.74) is 0. The van der Waals surface area contributed by atoms with Gasteiger partial charge in [0.15, 0.2) is 0 Å². The maximum atomic E-state index is 11.4. The number of carbonyl (C=O) groups excluding carboxylic acids is 2.